The monoisotopic (exact) mass is 538 g/mol. The van der Waals surface area contributed by atoms with E-state index in [-0.39, 0.29) is 39.1 Å². The number of carbonyl (C=O) groups excluding carboxylic acids is 1. The Bertz CT molecular complexity index is 1670. The molecule has 10 nitrogen and oxygen atoms in total. The molecule has 0 spiro atoms. The molecule has 0 saturated carbocycles. The van der Waals surface area contributed by atoms with Gasteiger partial charge in [0.25, 0.3) is 11.5 Å². The fourth-order valence-electron chi connectivity index (χ4n) is 3.92. The van der Waals surface area contributed by atoms with Crippen molar-refractivity contribution in [3.05, 3.63) is 82.1 Å². The number of benzene rings is 3. The van der Waals surface area contributed by atoms with Crippen LogP contribution in [0.15, 0.2) is 70.4 Å². The number of nitrogens with one attached hydrogen (secondary N) is 1. The molecule has 4 rings (SSSR count). The molecule has 0 aliphatic carbocycles. The smallest absolute Gasteiger partial charge is 0.339 e. The molecule has 0 unspecified atom stereocenters. The summed E-state index contributed by atoms with van der Waals surface area (Å²) in [4.78, 5) is 26.6. The van der Waals surface area contributed by atoms with E-state index in [1.165, 1.54) is 57.2 Å². The predicted molar refractivity (Wildman–Crippen MR) is 142 cm³/mol. The van der Waals surface area contributed by atoms with Gasteiger partial charge in [0.05, 0.1) is 26.8 Å². The van der Waals surface area contributed by atoms with E-state index in [0.29, 0.717) is 10.9 Å². The van der Waals surface area contributed by atoms with Gasteiger partial charge in [-0.25, -0.2) is 0 Å². The number of ether oxygens (including phenoxy) is 3. The van der Waals surface area contributed by atoms with Gasteiger partial charge in [0.15, 0.2) is 22.9 Å². The van der Waals surface area contributed by atoms with E-state index in [4.69, 9.17) is 18.4 Å². The minimum Gasteiger partial charge on any atom is -0.493 e. The molecule has 1 N–H and O–H groups in total. The number of hydrogen-bond acceptors (Lipinski definition) is 8. The number of fused-ring (bicyclic) bond motifs is 1. The summed E-state index contributed by atoms with van der Waals surface area (Å²) in [5, 5.41) is 2.85. The standard InChI is InChI=1S/C27H26N2O8S/c1-16-10-12-18(13-11-16)38(32,33)37-24-19-8-6-7-9-20(19)29(2)27(31)23(24)28-26(30)17-14-21(34-3)25(36-5)22(15-17)35-4/h6-15H,1-5H3,(H,28,30). The van der Waals surface area contributed by atoms with Gasteiger partial charge in [0.2, 0.25) is 5.75 Å². The molecule has 4 aromatic rings. The van der Waals surface area contributed by atoms with Crippen molar-refractivity contribution in [3.63, 3.8) is 0 Å². The highest BCUT2D eigenvalue weighted by atomic mass is 32.2. The maximum Gasteiger partial charge on any atom is 0.339 e. The third-order valence-electron chi connectivity index (χ3n) is 5.92. The molecular formula is C27H26N2O8S. The zero-order valence-corrected chi connectivity index (χ0v) is 22.2. The summed E-state index contributed by atoms with van der Waals surface area (Å²) in [6.07, 6.45) is 0. The highest BCUT2D eigenvalue weighted by Crippen LogP contribution is 2.39. The Balaban J connectivity index is 1.87. The molecule has 1 aromatic heterocycles. The van der Waals surface area contributed by atoms with Gasteiger partial charge in [-0.1, -0.05) is 29.8 Å². The van der Waals surface area contributed by atoms with Crippen LogP contribution in [-0.4, -0.2) is 40.2 Å². The maximum absolute atomic E-state index is 13.4. The van der Waals surface area contributed by atoms with E-state index in [0.717, 1.165) is 5.56 Å². The molecule has 11 heteroatoms. The summed E-state index contributed by atoms with van der Waals surface area (Å²) in [5.74, 6) is -0.302. The lowest BCUT2D eigenvalue weighted by atomic mass is 10.1. The van der Waals surface area contributed by atoms with Crippen LogP contribution < -0.4 is 29.3 Å². The summed E-state index contributed by atoms with van der Waals surface area (Å²) < 4.78 is 49.2. The lowest BCUT2D eigenvalue weighted by Gasteiger charge is -2.17. The number of hydrogen-bond donors (Lipinski definition) is 1. The van der Waals surface area contributed by atoms with Crippen molar-refractivity contribution < 1.29 is 31.6 Å². The number of nitrogens with zero attached hydrogens (tertiary/aromatic N) is 1. The first-order valence-corrected chi connectivity index (χ1v) is 12.8. The van der Waals surface area contributed by atoms with Crippen molar-refractivity contribution in [2.24, 2.45) is 7.05 Å². The molecule has 3 aromatic carbocycles. The minimum atomic E-state index is -4.36. The lowest BCUT2D eigenvalue weighted by Crippen LogP contribution is -2.26. The Morgan fingerprint density at radius 1 is 0.868 bits per heavy atom. The molecule has 1 amide bonds. The molecule has 0 saturated heterocycles. The van der Waals surface area contributed by atoms with Crippen molar-refractivity contribution in [1.29, 1.82) is 0 Å². The van der Waals surface area contributed by atoms with Crippen LogP contribution >= 0.6 is 0 Å². The predicted octanol–water partition coefficient (Wildman–Crippen LogP) is 3.89. The van der Waals surface area contributed by atoms with Crippen molar-refractivity contribution in [1.82, 2.24) is 4.57 Å². The average molecular weight is 539 g/mol. The Morgan fingerprint density at radius 2 is 1.47 bits per heavy atom. The van der Waals surface area contributed by atoms with Crippen LogP contribution in [0.25, 0.3) is 10.9 Å². The fourth-order valence-corrected chi connectivity index (χ4v) is 4.88. The van der Waals surface area contributed by atoms with Gasteiger partial charge in [-0.2, -0.15) is 8.42 Å². The van der Waals surface area contributed by atoms with E-state index in [9.17, 15) is 18.0 Å². The summed E-state index contributed by atoms with van der Waals surface area (Å²) >= 11 is 0. The number of carbonyl (C=O) groups is 1. The van der Waals surface area contributed by atoms with E-state index < -0.39 is 21.6 Å². The second kappa shape index (κ2) is 10.5. The summed E-state index contributed by atoms with van der Waals surface area (Å²) in [6, 6.07) is 15.5. The number of pyridine rings is 1. The zero-order chi connectivity index (χ0) is 27.6. The zero-order valence-electron chi connectivity index (χ0n) is 21.4. The number of rotatable bonds is 8. The third-order valence-corrected chi connectivity index (χ3v) is 7.16. The van der Waals surface area contributed by atoms with E-state index in [1.54, 1.807) is 36.4 Å². The number of aryl methyl sites for hydroxylation is 2. The second-order valence-corrected chi connectivity index (χ2v) is 9.85. The maximum atomic E-state index is 13.4. The van der Waals surface area contributed by atoms with Crippen LogP contribution in [0, 0.1) is 6.92 Å². The van der Waals surface area contributed by atoms with Gasteiger partial charge >= 0.3 is 10.1 Å². The fraction of sp³-hybridized carbons (Fsp3) is 0.185. The normalized spacial score (nSPS) is 11.2. The van der Waals surface area contributed by atoms with Gasteiger partial charge < -0.3 is 28.3 Å². The summed E-state index contributed by atoms with van der Waals surface area (Å²) in [5.41, 5.74) is 0.333. The molecule has 0 fully saturated rings. The molecule has 0 aliphatic rings. The molecule has 0 aliphatic heterocycles. The second-order valence-electron chi connectivity index (χ2n) is 8.30. The highest BCUT2D eigenvalue weighted by molar-refractivity contribution is 7.87. The first-order valence-electron chi connectivity index (χ1n) is 11.4. The molecular weight excluding hydrogens is 512 g/mol. The van der Waals surface area contributed by atoms with Crippen molar-refractivity contribution >= 4 is 32.6 Å². The van der Waals surface area contributed by atoms with Crippen LogP contribution in [0.5, 0.6) is 23.0 Å². The van der Waals surface area contributed by atoms with Gasteiger partial charge in [-0.05, 0) is 43.3 Å². The van der Waals surface area contributed by atoms with Crippen molar-refractivity contribution in [3.8, 4) is 23.0 Å². The van der Waals surface area contributed by atoms with Gasteiger partial charge in [0.1, 0.15) is 4.90 Å². The van der Waals surface area contributed by atoms with E-state index in [1.807, 2.05) is 6.92 Å². The number of para-hydroxylation sites is 1. The van der Waals surface area contributed by atoms with E-state index >= 15 is 0 Å². The molecule has 198 valence electrons. The Kier molecular flexibility index (Phi) is 7.31. The number of anilines is 1. The summed E-state index contributed by atoms with van der Waals surface area (Å²) in [6.45, 7) is 1.82. The molecule has 38 heavy (non-hydrogen) atoms. The van der Waals surface area contributed by atoms with Crippen LogP contribution in [0.2, 0.25) is 0 Å². The van der Waals surface area contributed by atoms with Crippen LogP contribution in [0.4, 0.5) is 5.69 Å². The number of amides is 1. The highest BCUT2D eigenvalue weighted by Gasteiger charge is 2.26. The molecule has 1 heterocycles. The van der Waals surface area contributed by atoms with Crippen molar-refractivity contribution in [2.75, 3.05) is 26.6 Å². The average Bonchev–Trinajstić information content (AvgIpc) is 2.92. The van der Waals surface area contributed by atoms with Crippen LogP contribution in [0.1, 0.15) is 15.9 Å². The largest absolute Gasteiger partial charge is 0.493 e. The minimum absolute atomic E-state index is 0.0713. The first kappa shape index (κ1) is 26.6. The van der Waals surface area contributed by atoms with Crippen LogP contribution in [-0.2, 0) is 17.2 Å². The van der Waals surface area contributed by atoms with Crippen molar-refractivity contribution in [2.45, 2.75) is 11.8 Å². The van der Waals surface area contributed by atoms with E-state index in [2.05, 4.69) is 5.32 Å². The quantitative estimate of drug-likeness (QED) is 0.335. The molecule has 0 radical (unpaired) electrons. The van der Waals surface area contributed by atoms with Gasteiger partial charge in [-0.3, -0.25) is 9.59 Å². The Morgan fingerprint density at radius 3 is 2.05 bits per heavy atom. The van der Waals surface area contributed by atoms with Gasteiger partial charge in [0, 0.05) is 18.0 Å². The molecule has 0 atom stereocenters. The SMILES string of the molecule is COc1cc(C(=O)Nc2c(OS(=O)(=O)c3ccc(C)cc3)c3ccccc3n(C)c2=O)cc(OC)c1OC. The topological polar surface area (TPSA) is 122 Å². The van der Waals surface area contributed by atoms with Gasteiger partial charge in [-0.15, -0.1) is 0 Å². The Hall–Kier alpha value is -4.51. The third kappa shape index (κ3) is 4.88. The molecule has 0 bridgehead atoms. The lowest BCUT2D eigenvalue weighted by molar-refractivity contribution is 0.102. The first-order chi connectivity index (χ1) is 18.1. The number of aromatic nitrogens is 1. The Labute approximate surface area is 219 Å². The van der Waals surface area contributed by atoms with Crippen LogP contribution in [0.3, 0.4) is 0 Å². The summed E-state index contributed by atoms with van der Waals surface area (Å²) in [7, 11) is 1.38. The number of methoxy groups -OCH3 is 3.